The fraction of sp³-hybridized carbons (Fsp3) is 0.500. The van der Waals surface area contributed by atoms with Gasteiger partial charge in [-0.3, -0.25) is 4.79 Å². The van der Waals surface area contributed by atoms with Crippen molar-refractivity contribution >= 4 is 23.2 Å². The first-order valence-electron chi connectivity index (χ1n) is 6.48. The maximum absolute atomic E-state index is 11.8. The number of nitrogens with zero attached hydrogens (tertiary/aromatic N) is 1. The Morgan fingerprint density at radius 1 is 1.42 bits per heavy atom. The second-order valence-electron chi connectivity index (χ2n) is 4.58. The van der Waals surface area contributed by atoms with Crippen LogP contribution in [0.1, 0.15) is 12.5 Å². The highest BCUT2D eigenvalue weighted by atomic mass is 35.5. The quantitative estimate of drug-likeness (QED) is 0.754. The molecule has 0 aliphatic heterocycles. The molecule has 0 aliphatic rings. The second-order valence-corrected chi connectivity index (χ2v) is 5.02. The average molecular weight is 284 g/mol. The predicted molar refractivity (Wildman–Crippen MR) is 80.9 cm³/mol. The summed E-state index contributed by atoms with van der Waals surface area (Å²) in [5.74, 6) is -0.0514. The number of hydrogen-bond donors (Lipinski definition) is 2. The first kappa shape index (κ1) is 16.0. The van der Waals surface area contributed by atoms with Crippen molar-refractivity contribution in [3.63, 3.8) is 0 Å². The zero-order valence-corrected chi connectivity index (χ0v) is 12.5. The van der Waals surface area contributed by atoms with Gasteiger partial charge in [0.1, 0.15) is 0 Å². The number of nitrogens with one attached hydrogen (secondary N) is 2. The first-order valence-corrected chi connectivity index (χ1v) is 6.86. The van der Waals surface area contributed by atoms with E-state index in [0.29, 0.717) is 11.6 Å². The molecule has 0 bridgehead atoms. The summed E-state index contributed by atoms with van der Waals surface area (Å²) < 4.78 is 0. The van der Waals surface area contributed by atoms with E-state index < -0.39 is 0 Å². The molecule has 0 heterocycles. The third-order valence-corrected chi connectivity index (χ3v) is 3.20. The summed E-state index contributed by atoms with van der Waals surface area (Å²) >= 11 is 5.91. The van der Waals surface area contributed by atoms with Crippen LogP contribution in [0.5, 0.6) is 0 Å². The predicted octanol–water partition coefficient (Wildman–Crippen LogP) is 2.13. The SMILES string of the molecule is CCN(C)CCNCC(=O)Nc1cc(Cl)ccc1C. The molecule has 0 aliphatic carbocycles. The lowest BCUT2D eigenvalue weighted by Crippen LogP contribution is -2.34. The second kappa shape index (κ2) is 8.15. The number of anilines is 1. The van der Waals surface area contributed by atoms with Crippen LogP contribution in [0, 0.1) is 6.92 Å². The fourth-order valence-corrected chi connectivity index (χ4v) is 1.73. The zero-order valence-electron chi connectivity index (χ0n) is 11.8. The number of benzene rings is 1. The summed E-state index contributed by atoms with van der Waals surface area (Å²) in [6.07, 6.45) is 0. The molecule has 0 aromatic heterocycles. The molecule has 0 saturated heterocycles. The van der Waals surface area contributed by atoms with Crippen LogP contribution in [0.4, 0.5) is 5.69 Å². The van der Waals surface area contributed by atoms with Crippen molar-refractivity contribution in [2.75, 3.05) is 38.5 Å². The fourth-order valence-electron chi connectivity index (χ4n) is 1.55. The molecule has 0 saturated carbocycles. The number of likely N-dealkylation sites (N-methyl/N-ethyl adjacent to an activating group) is 1. The van der Waals surface area contributed by atoms with E-state index >= 15 is 0 Å². The molecule has 19 heavy (non-hydrogen) atoms. The average Bonchev–Trinajstić information content (AvgIpc) is 2.38. The molecule has 5 heteroatoms. The number of carbonyl (C=O) groups is 1. The van der Waals surface area contributed by atoms with E-state index in [1.807, 2.05) is 19.1 Å². The third-order valence-electron chi connectivity index (χ3n) is 2.97. The van der Waals surface area contributed by atoms with Crippen LogP contribution in [0.2, 0.25) is 5.02 Å². The number of halogens is 1. The minimum Gasteiger partial charge on any atom is -0.325 e. The number of rotatable bonds is 7. The molecule has 106 valence electrons. The van der Waals surface area contributed by atoms with E-state index in [4.69, 9.17) is 11.6 Å². The minimum atomic E-state index is -0.0514. The molecule has 0 spiro atoms. The van der Waals surface area contributed by atoms with Crippen LogP contribution in [0.15, 0.2) is 18.2 Å². The lowest BCUT2D eigenvalue weighted by molar-refractivity contribution is -0.115. The largest absolute Gasteiger partial charge is 0.325 e. The van der Waals surface area contributed by atoms with Crippen molar-refractivity contribution in [2.24, 2.45) is 0 Å². The molecule has 1 amide bonds. The standard InChI is InChI=1S/C14H22ClN3O/c1-4-18(3)8-7-16-10-14(19)17-13-9-12(15)6-5-11(13)2/h5-6,9,16H,4,7-8,10H2,1-3H3,(H,17,19). The van der Waals surface area contributed by atoms with Crippen LogP contribution >= 0.6 is 11.6 Å². The molecule has 1 aromatic carbocycles. The number of carbonyl (C=O) groups excluding carboxylic acids is 1. The molecule has 1 aromatic rings. The number of hydrogen-bond acceptors (Lipinski definition) is 3. The molecule has 0 fully saturated rings. The highest BCUT2D eigenvalue weighted by Crippen LogP contribution is 2.19. The lowest BCUT2D eigenvalue weighted by atomic mass is 10.2. The maximum Gasteiger partial charge on any atom is 0.238 e. The van der Waals surface area contributed by atoms with Gasteiger partial charge in [-0.1, -0.05) is 24.6 Å². The van der Waals surface area contributed by atoms with E-state index in [2.05, 4.69) is 29.5 Å². The molecule has 1 rings (SSSR count). The summed E-state index contributed by atoms with van der Waals surface area (Å²) in [6, 6.07) is 5.46. The lowest BCUT2D eigenvalue weighted by Gasteiger charge is -2.14. The van der Waals surface area contributed by atoms with Gasteiger partial charge in [-0.05, 0) is 38.2 Å². The van der Waals surface area contributed by atoms with Gasteiger partial charge in [0.25, 0.3) is 0 Å². The van der Waals surface area contributed by atoms with E-state index in [1.54, 1.807) is 6.07 Å². The molecule has 2 N–H and O–H groups in total. The van der Waals surface area contributed by atoms with Crippen molar-refractivity contribution in [1.29, 1.82) is 0 Å². The van der Waals surface area contributed by atoms with Crippen molar-refractivity contribution in [2.45, 2.75) is 13.8 Å². The summed E-state index contributed by atoms with van der Waals surface area (Å²) in [6.45, 7) is 7.09. The van der Waals surface area contributed by atoms with Crippen LogP contribution < -0.4 is 10.6 Å². The molecule has 0 atom stereocenters. The zero-order chi connectivity index (χ0) is 14.3. The monoisotopic (exact) mass is 283 g/mol. The van der Waals surface area contributed by atoms with Gasteiger partial charge in [0.15, 0.2) is 0 Å². The van der Waals surface area contributed by atoms with Gasteiger partial charge in [0, 0.05) is 23.8 Å². The highest BCUT2D eigenvalue weighted by Gasteiger charge is 2.05. The number of amides is 1. The Hall–Kier alpha value is -1.10. The van der Waals surface area contributed by atoms with Gasteiger partial charge in [0.05, 0.1) is 6.54 Å². The summed E-state index contributed by atoms with van der Waals surface area (Å²) in [5, 5.41) is 6.60. The van der Waals surface area contributed by atoms with E-state index in [0.717, 1.165) is 30.9 Å². The number of aryl methyl sites for hydroxylation is 1. The van der Waals surface area contributed by atoms with Gasteiger partial charge in [0.2, 0.25) is 5.91 Å². The van der Waals surface area contributed by atoms with Crippen molar-refractivity contribution < 1.29 is 4.79 Å². The Bertz CT molecular complexity index is 423. The maximum atomic E-state index is 11.8. The topological polar surface area (TPSA) is 44.4 Å². The molecule has 0 radical (unpaired) electrons. The van der Waals surface area contributed by atoms with Crippen LogP contribution in [-0.4, -0.2) is 44.0 Å². The minimum absolute atomic E-state index is 0.0514. The van der Waals surface area contributed by atoms with Gasteiger partial charge >= 0.3 is 0 Å². The van der Waals surface area contributed by atoms with Crippen LogP contribution in [0.25, 0.3) is 0 Å². The Morgan fingerprint density at radius 3 is 2.84 bits per heavy atom. The molecule has 0 unspecified atom stereocenters. The third kappa shape index (κ3) is 6.05. The van der Waals surface area contributed by atoms with Crippen LogP contribution in [0.3, 0.4) is 0 Å². The van der Waals surface area contributed by atoms with Gasteiger partial charge in [-0.15, -0.1) is 0 Å². The van der Waals surface area contributed by atoms with Crippen molar-refractivity contribution in [3.8, 4) is 0 Å². The normalized spacial score (nSPS) is 10.8. The van der Waals surface area contributed by atoms with E-state index in [1.165, 1.54) is 0 Å². The smallest absolute Gasteiger partial charge is 0.238 e. The molecular weight excluding hydrogens is 262 g/mol. The summed E-state index contributed by atoms with van der Waals surface area (Å²) in [4.78, 5) is 13.9. The Balaban J connectivity index is 2.33. The van der Waals surface area contributed by atoms with Crippen molar-refractivity contribution in [3.05, 3.63) is 28.8 Å². The van der Waals surface area contributed by atoms with Crippen LogP contribution in [-0.2, 0) is 4.79 Å². The first-order chi connectivity index (χ1) is 9.02. The van der Waals surface area contributed by atoms with E-state index in [-0.39, 0.29) is 5.91 Å². The Morgan fingerprint density at radius 2 is 2.16 bits per heavy atom. The Labute approximate surface area is 120 Å². The van der Waals surface area contributed by atoms with Gasteiger partial charge in [-0.2, -0.15) is 0 Å². The van der Waals surface area contributed by atoms with Gasteiger partial charge in [-0.25, -0.2) is 0 Å². The Kier molecular flexibility index (Phi) is 6.84. The summed E-state index contributed by atoms with van der Waals surface area (Å²) in [7, 11) is 2.05. The van der Waals surface area contributed by atoms with Gasteiger partial charge < -0.3 is 15.5 Å². The van der Waals surface area contributed by atoms with Crippen molar-refractivity contribution in [1.82, 2.24) is 10.2 Å². The highest BCUT2D eigenvalue weighted by molar-refractivity contribution is 6.31. The molecule has 4 nitrogen and oxygen atoms in total. The van der Waals surface area contributed by atoms with E-state index in [9.17, 15) is 4.79 Å². The molecular formula is C14H22ClN3O. The summed E-state index contributed by atoms with van der Waals surface area (Å²) in [5.41, 5.74) is 1.77.